The van der Waals surface area contributed by atoms with Crippen LogP contribution in [-0.4, -0.2) is 23.3 Å². The van der Waals surface area contributed by atoms with Crippen LogP contribution >= 0.6 is 15.9 Å². The molecule has 0 atom stereocenters. The van der Waals surface area contributed by atoms with Crippen LogP contribution in [0.3, 0.4) is 0 Å². The Balaban J connectivity index is 2.31. The standard InChI is InChI=1S/C11H15BBrNO2/c1-10(2)11(3,4)16-12(15-10)8-6-5-7-14-9(8)13/h5-7H,1-4H3. The molecule has 3 nitrogen and oxygen atoms in total. The molecule has 0 aromatic carbocycles. The normalized spacial score (nSPS) is 22.4. The highest BCUT2D eigenvalue weighted by Gasteiger charge is 2.52. The minimum absolute atomic E-state index is 0.313. The van der Waals surface area contributed by atoms with Gasteiger partial charge in [0.1, 0.15) is 4.60 Å². The minimum Gasteiger partial charge on any atom is -0.399 e. The maximum atomic E-state index is 5.94. The second-order valence-corrected chi connectivity index (χ2v) is 5.72. The Labute approximate surface area is 105 Å². The van der Waals surface area contributed by atoms with Crippen LogP contribution in [0.15, 0.2) is 22.9 Å². The van der Waals surface area contributed by atoms with Crippen LogP contribution in [-0.2, 0) is 9.31 Å². The van der Waals surface area contributed by atoms with Crippen LogP contribution in [0.1, 0.15) is 27.7 Å². The highest BCUT2D eigenvalue weighted by atomic mass is 79.9. The predicted molar refractivity (Wildman–Crippen MR) is 67.7 cm³/mol. The average Bonchev–Trinajstić information content (AvgIpc) is 2.36. The first-order chi connectivity index (χ1) is 7.33. The van der Waals surface area contributed by atoms with Crippen molar-refractivity contribution in [1.82, 2.24) is 4.98 Å². The van der Waals surface area contributed by atoms with Crippen LogP contribution in [0.25, 0.3) is 0 Å². The highest BCUT2D eigenvalue weighted by Crippen LogP contribution is 2.36. The number of hydrogen-bond donors (Lipinski definition) is 0. The third kappa shape index (κ3) is 1.92. The summed E-state index contributed by atoms with van der Waals surface area (Å²) in [6.07, 6.45) is 1.73. The second kappa shape index (κ2) is 3.82. The molecule has 1 aliphatic heterocycles. The zero-order valence-corrected chi connectivity index (χ0v) is 11.5. The van der Waals surface area contributed by atoms with Gasteiger partial charge in [0, 0.05) is 11.7 Å². The molecule has 0 bridgehead atoms. The van der Waals surface area contributed by atoms with Crippen molar-refractivity contribution >= 4 is 28.5 Å². The van der Waals surface area contributed by atoms with Crippen LogP contribution in [0, 0.1) is 0 Å². The summed E-state index contributed by atoms with van der Waals surface area (Å²) in [6, 6.07) is 3.84. The molecule has 1 saturated heterocycles. The van der Waals surface area contributed by atoms with Crippen molar-refractivity contribution in [1.29, 1.82) is 0 Å². The van der Waals surface area contributed by atoms with Gasteiger partial charge in [0.2, 0.25) is 0 Å². The number of hydrogen-bond acceptors (Lipinski definition) is 3. The fourth-order valence-electron chi connectivity index (χ4n) is 1.54. The van der Waals surface area contributed by atoms with E-state index in [0.717, 1.165) is 10.1 Å². The van der Waals surface area contributed by atoms with Crippen molar-refractivity contribution in [2.24, 2.45) is 0 Å². The predicted octanol–water partition coefficient (Wildman–Crippen LogP) is 2.14. The SMILES string of the molecule is CC1(C)OB(c2cccnc2Br)OC1(C)C. The summed E-state index contributed by atoms with van der Waals surface area (Å²) < 4.78 is 12.6. The third-order valence-corrected chi connectivity index (χ3v) is 3.96. The van der Waals surface area contributed by atoms with E-state index >= 15 is 0 Å². The van der Waals surface area contributed by atoms with E-state index in [0.29, 0.717) is 0 Å². The van der Waals surface area contributed by atoms with Gasteiger partial charge in [-0.05, 0) is 49.7 Å². The molecule has 0 saturated carbocycles. The first kappa shape index (κ1) is 12.1. The van der Waals surface area contributed by atoms with Crippen molar-refractivity contribution in [3.63, 3.8) is 0 Å². The van der Waals surface area contributed by atoms with E-state index in [1.807, 2.05) is 39.8 Å². The Bertz CT molecular complexity index is 393. The van der Waals surface area contributed by atoms with E-state index in [4.69, 9.17) is 9.31 Å². The largest absolute Gasteiger partial charge is 0.497 e. The van der Waals surface area contributed by atoms with Crippen molar-refractivity contribution in [3.8, 4) is 0 Å². The second-order valence-electron chi connectivity index (χ2n) is 4.97. The molecule has 2 rings (SSSR count). The van der Waals surface area contributed by atoms with Gasteiger partial charge in [-0.3, -0.25) is 0 Å². The molecule has 1 aliphatic rings. The van der Waals surface area contributed by atoms with Gasteiger partial charge in [-0.25, -0.2) is 4.98 Å². The van der Waals surface area contributed by atoms with Gasteiger partial charge in [-0.2, -0.15) is 0 Å². The van der Waals surface area contributed by atoms with Crippen molar-refractivity contribution < 1.29 is 9.31 Å². The molecule has 2 heterocycles. The molecule has 1 fully saturated rings. The first-order valence-electron chi connectivity index (χ1n) is 5.29. The quantitative estimate of drug-likeness (QED) is 0.585. The van der Waals surface area contributed by atoms with Gasteiger partial charge in [0.05, 0.1) is 11.2 Å². The molecular weight excluding hydrogens is 269 g/mol. The van der Waals surface area contributed by atoms with Gasteiger partial charge in [-0.1, -0.05) is 6.07 Å². The molecule has 1 aromatic rings. The molecule has 0 amide bonds. The van der Waals surface area contributed by atoms with E-state index in [1.165, 1.54) is 0 Å². The highest BCUT2D eigenvalue weighted by molar-refractivity contribution is 9.10. The Morgan fingerprint density at radius 3 is 2.25 bits per heavy atom. The van der Waals surface area contributed by atoms with E-state index in [-0.39, 0.29) is 18.3 Å². The number of pyridine rings is 1. The van der Waals surface area contributed by atoms with E-state index < -0.39 is 0 Å². The molecular formula is C11H15BBrNO2. The molecule has 0 unspecified atom stereocenters. The van der Waals surface area contributed by atoms with E-state index in [9.17, 15) is 0 Å². The first-order valence-corrected chi connectivity index (χ1v) is 6.09. The van der Waals surface area contributed by atoms with Gasteiger partial charge in [-0.15, -0.1) is 0 Å². The molecule has 16 heavy (non-hydrogen) atoms. The van der Waals surface area contributed by atoms with Crippen molar-refractivity contribution in [2.75, 3.05) is 0 Å². The van der Waals surface area contributed by atoms with E-state index in [2.05, 4.69) is 20.9 Å². The minimum atomic E-state index is -0.354. The molecule has 0 N–H and O–H groups in total. The molecule has 0 spiro atoms. The van der Waals surface area contributed by atoms with E-state index in [1.54, 1.807) is 6.20 Å². The Morgan fingerprint density at radius 1 is 1.19 bits per heavy atom. The summed E-state index contributed by atoms with van der Waals surface area (Å²) >= 11 is 3.41. The lowest BCUT2D eigenvalue weighted by molar-refractivity contribution is 0.00578. The molecule has 1 aromatic heterocycles. The van der Waals surface area contributed by atoms with Gasteiger partial charge in [0.25, 0.3) is 0 Å². The number of halogens is 1. The molecule has 5 heteroatoms. The number of rotatable bonds is 1. The van der Waals surface area contributed by atoms with Crippen LogP contribution < -0.4 is 5.46 Å². The summed E-state index contributed by atoms with van der Waals surface area (Å²) in [5.74, 6) is 0. The zero-order chi connectivity index (χ0) is 12.0. The lowest BCUT2D eigenvalue weighted by Gasteiger charge is -2.32. The summed E-state index contributed by atoms with van der Waals surface area (Å²) in [5, 5.41) is 0. The van der Waals surface area contributed by atoms with Crippen LogP contribution in [0.4, 0.5) is 0 Å². The van der Waals surface area contributed by atoms with Crippen LogP contribution in [0.5, 0.6) is 0 Å². The lowest BCUT2D eigenvalue weighted by Crippen LogP contribution is -2.41. The zero-order valence-electron chi connectivity index (χ0n) is 9.95. The van der Waals surface area contributed by atoms with Gasteiger partial charge < -0.3 is 9.31 Å². The maximum absolute atomic E-state index is 5.94. The smallest absolute Gasteiger partial charge is 0.399 e. The topological polar surface area (TPSA) is 31.4 Å². The number of nitrogens with zero attached hydrogens (tertiary/aromatic N) is 1. The van der Waals surface area contributed by atoms with Crippen molar-refractivity contribution in [2.45, 2.75) is 38.9 Å². The Morgan fingerprint density at radius 2 is 1.75 bits per heavy atom. The average molecular weight is 284 g/mol. The summed E-state index contributed by atoms with van der Waals surface area (Å²) in [5.41, 5.74) is 0.307. The lowest BCUT2D eigenvalue weighted by atomic mass is 9.80. The number of aromatic nitrogens is 1. The summed E-state index contributed by atoms with van der Waals surface area (Å²) in [4.78, 5) is 4.18. The fourth-order valence-corrected chi connectivity index (χ4v) is 1.98. The maximum Gasteiger partial charge on any atom is 0.497 e. The molecule has 0 radical (unpaired) electrons. The van der Waals surface area contributed by atoms with Crippen LogP contribution in [0.2, 0.25) is 0 Å². The summed E-state index contributed by atoms with van der Waals surface area (Å²) in [6.45, 7) is 8.16. The molecule has 0 aliphatic carbocycles. The third-order valence-electron chi connectivity index (χ3n) is 3.30. The van der Waals surface area contributed by atoms with Gasteiger partial charge in [0.15, 0.2) is 0 Å². The van der Waals surface area contributed by atoms with Gasteiger partial charge >= 0.3 is 7.12 Å². The monoisotopic (exact) mass is 283 g/mol. The fraction of sp³-hybridized carbons (Fsp3) is 0.545. The Kier molecular flexibility index (Phi) is 2.89. The van der Waals surface area contributed by atoms with Crippen molar-refractivity contribution in [3.05, 3.63) is 22.9 Å². The summed E-state index contributed by atoms with van der Waals surface area (Å²) in [7, 11) is -0.354. The molecule has 86 valence electrons. The Hall–Kier alpha value is -0.385.